The molecule has 16 heavy (non-hydrogen) atoms. The van der Waals surface area contributed by atoms with Crippen LogP contribution >= 0.6 is 23.1 Å². The molecular formula is C9H16N4OS2. The van der Waals surface area contributed by atoms with Crippen LogP contribution in [0.4, 0.5) is 5.13 Å². The SMILES string of the molecule is CCNc1nnc(S[C@@H](C)C(=O)N(C)C)s1. The molecule has 1 atom stereocenters. The van der Waals surface area contributed by atoms with Crippen molar-refractivity contribution in [2.24, 2.45) is 0 Å². The van der Waals surface area contributed by atoms with Crippen molar-refractivity contribution in [2.75, 3.05) is 26.0 Å². The van der Waals surface area contributed by atoms with Crippen LogP contribution in [-0.2, 0) is 4.79 Å². The molecule has 7 heteroatoms. The molecule has 0 aliphatic rings. The molecule has 1 aromatic rings. The summed E-state index contributed by atoms with van der Waals surface area (Å²) in [5.41, 5.74) is 0. The van der Waals surface area contributed by atoms with Gasteiger partial charge >= 0.3 is 0 Å². The Balaban J connectivity index is 2.55. The van der Waals surface area contributed by atoms with Gasteiger partial charge in [0.2, 0.25) is 11.0 Å². The third-order valence-electron chi connectivity index (χ3n) is 1.80. The quantitative estimate of drug-likeness (QED) is 0.814. The summed E-state index contributed by atoms with van der Waals surface area (Å²) >= 11 is 2.91. The summed E-state index contributed by atoms with van der Waals surface area (Å²) < 4.78 is 0.818. The Hall–Kier alpha value is -0.820. The van der Waals surface area contributed by atoms with Crippen molar-refractivity contribution in [3.8, 4) is 0 Å². The van der Waals surface area contributed by atoms with Gasteiger partial charge in [0.05, 0.1) is 5.25 Å². The van der Waals surface area contributed by atoms with E-state index in [0.717, 1.165) is 16.0 Å². The maximum atomic E-state index is 11.6. The summed E-state index contributed by atoms with van der Waals surface area (Å²) in [6.45, 7) is 4.71. The number of aromatic nitrogens is 2. The third-order valence-corrected chi connectivity index (χ3v) is 3.85. The summed E-state index contributed by atoms with van der Waals surface area (Å²) in [4.78, 5) is 13.2. The molecule has 0 aromatic carbocycles. The summed E-state index contributed by atoms with van der Waals surface area (Å²) in [5, 5.41) is 11.8. The first-order chi connectivity index (χ1) is 7.54. The number of carbonyl (C=O) groups is 1. The zero-order chi connectivity index (χ0) is 12.1. The largest absolute Gasteiger partial charge is 0.360 e. The minimum absolute atomic E-state index is 0.0881. The Kier molecular flexibility index (Phi) is 5.01. The van der Waals surface area contributed by atoms with E-state index in [2.05, 4.69) is 15.5 Å². The van der Waals surface area contributed by atoms with Gasteiger partial charge in [-0.25, -0.2) is 0 Å². The lowest BCUT2D eigenvalue weighted by Crippen LogP contribution is -2.29. The molecule has 1 heterocycles. The van der Waals surface area contributed by atoms with Crippen molar-refractivity contribution >= 4 is 34.1 Å². The van der Waals surface area contributed by atoms with Crippen LogP contribution in [0.5, 0.6) is 0 Å². The van der Waals surface area contributed by atoms with E-state index >= 15 is 0 Å². The second kappa shape index (κ2) is 6.05. The molecule has 1 amide bonds. The van der Waals surface area contributed by atoms with Crippen LogP contribution in [-0.4, -0.2) is 46.9 Å². The van der Waals surface area contributed by atoms with Crippen LogP contribution in [0.3, 0.4) is 0 Å². The normalized spacial score (nSPS) is 12.2. The van der Waals surface area contributed by atoms with Crippen LogP contribution in [0.15, 0.2) is 4.34 Å². The molecule has 1 N–H and O–H groups in total. The number of hydrogen-bond acceptors (Lipinski definition) is 6. The maximum Gasteiger partial charge on any atom is 0.235 e. The Morgan fingerprint density at radius 2 is 2.25 bits per heavy atom. The van der Waals surface area contributed by atoms with E-state index in [1.165, 1.54) is 23.1 Å². The lowest BCUT2D eigenvalue weighted by atomic mass is 10.4. The minimum atomic E-state index is -0.127. The highest BCUT2D eigenvalue weighted by Crippen LogP contribution is 2.29. The highest BCUT2D eigenvalue weighted by Gasteiger charge is 2.18. The summed E-state index contributed by atoms with van der Waals surface area (Å²) in [6.07, 6.45) is 0. The van der Waals surface area contributed by atoms with Crippen LogP contribution in [0.25, 0.3) is 0 Å². The van der Waals surface area contributed by atoms with Gasteiger partial charge < -0.3 is 10.2 Å². The van der Waals surface area contributed by atoms with E-state index in [-0.39, 0.29) is 11.2 Å². The number of hydrogen-bond donors (Lipinski definition) is 1. The first-order valence-electron chi connectivity index (χ1n) is 4.99. The third kappa shape index (κ3) is 3.64. The van der Waals surface area contributed by atoms with Gasteiger partial charge in [-0.2, -0.15) is 0 Å². The van der Waals surface area contributed by atoms with Gasteiger partial charge in [-0.05, 0) is 13.8 Å². The van der Waals surface area contributed by atoms with Crippen LogP contribution < -0.4 is 5.32 Å². The first kappa shape index (κ1) is 13.2. The second-order valence-electron chi connectivity index (χ2n) is 3.40. The molecule has 0 spiro atoms. The molecule has 1 aromatic heterocycles. The Labute approximate surface area is 104 Å². The molecule has 0 bridgehead atoms. The van der Waals surface area contributed by atoms with E-state index in [1.54, 1.807) is 19.0 Å². The van der Waals surface area contributed by atoms with Gasteiger partial charge in [-0.3, -0.25) is 4.79 Å². The Bertz CT molecular complexity index is 353. The average Bonchev–Trinajstić information content (AvgIpc) is 2.65. The standard InChI is InChI=1S/C9H16N4OS2/c1-5-10-8-11-12-9(16-8)15-6(2)7(14)13(3)4/h6H,5H2,1-4H3,(H,10,11)/t6-/m0/s1. The topological polar surface area (TPSA) is 58.1 Å². The lowest BCUT2D eigenvalue weighted by molar-refractivity contribution is -0.127. The van der Waals surface area contributed by atoms with E-state index < -0.39 is 0 Å². The number of rotatable bonds is 5. The number of carbonyl (C=O) groups excluding carboxylic acids is 1. The first-order valence-corrected chi connectivity index (χ1v) is 6.69. The maximum absolute atomic E-state index is 11.6. The van der Waals surface area contributed by atoms with E-state index in [1.807, 2.05) is 13.8 Å². The summed E-state index contributed by atoms with van der Waals surface area (Å²) in [6, 6.07) is 0. The molecule has 0 aliphatic heterocycles. The van der Waals surface area contributed by atoms with E-state index in [9.17, 15) is 4.79 Å². The van der Waals surface area contributed by atoms with Crippen molar-refractivity contribution in [3.05, 3.63) is 0 Å². The smallest absolute Gasteiger partial charge is 0.235 e. The number of nitrogens with one attached hydrogen (secondary N) is 1. The van der Waals surface area contributed by atoms with E-state index in [4.69, 9.17) is 0 Å². The van der Waals surface area contributed by atoms with Crippen LogP contribution in [0.2, 0.25) is 0 Å². The highest BCUT2D eigenvalue weighted by molar-refractivity contribution is 8.02. The van der Waals surface area contributed by atoms with E-state index in [0.29, 0.717) is 0 Å². The summed E-state index contributed by atoms with van der Waals surface area (Å²) in [7, 11) is 3.51. The number of nitrogens with zero attached hydrogens (tertiary/aromatic N) is 3. The molecule has 0 aliphatic carbocycles. The Morgan fingerprint density at radius 1 is 1.56 bits per heavy atom. The zero-order valence-corrected chi connectivity index (χ0v) is 11.5. The van der Waals surface area contributed by atoms with Crippen molar-refractivity contribution in [1.82, 2.24) is 15.1 Å². The fourth-order valence-corrected chi connectivity index (χ4v) is 3.15. The predicted octanol–water partition coefficient (Wildman–Crippen LogP) is 1.54. The molecule has 0 unspecified atom stereocenters. The number of amides is 1. The lowest BCUT2D eigenvalue weighted by Gasteiger charge is -2.14. The molecule has 0 fully saturated rings. The van der Waals surface area contributed by atoms with Gasteiger partial charge in [-0.15, -0.1) is 10.2 Å². The second-order valence-corrected chi connectivity index (χ2v) is 5.96. The molecule has 0 saturated carbocycles. The molecule has 5 nitrogen and oxygen atoms in total. The van der Waals surface area contributed by atoms with Gasteiger partial charge in [0.15, 0.2) is 4.34 Å². The Morgan fingerprint density at radius 3 is 2.81 bits per heavy atom. The van der Waals surface area contributed by atoms with Crippen molar-refractivity contribution in [2.45, 2.75) is 23.4 Å². The highest BCUT2D eigenvalue weighted by atomic mass is 32.2. The van der Waals surface area contributed by atoms with Crippen LogP contribution in [0.1, 0.15) is 13.8 Å². The van der Waals surface area contributed by atoms with Gasteiger partial charge in [0.1, 0.15) is 0 Å². The van der Waals surface area contributed by atoms with Gasteiger partial charge in [-0.1, -0.05) is 23.1 Å². The molecule has 1 rings (SSSR count). The monoisotopic (exact) mass is 260 g/mol. The van der Waals surface area contributed by atoms with Crippen LogP contribution in [0, 0.1) is 0 Å². The molecular weight excluding hydrogens is 244 g/mol. The molecule has 0 saturated heterocycles. The average molecular weight is 260 g/mol. The fourth-order valence-electron chi connectivity index (χ4n) is 1.05. The van der Waals surface area contributed by atoms with Gasteiger partial charge in [0, 0.05) is 20.6 Å². The number of anilines is 1. The predicted molar refractivity (Wildman–Crippen MR) is 68.1 cm³/mol. The minimum Gasteiger partial charge on any atom is -0.360 e. The number of thioether (sulfide) groups is 1. The van der Waals surface area contributed by atoms with Crippen molar-refractivity contribution in [1.29, 1.82) is 0 Å². The molecule has 0 radical (unpaired) electrons. The fraction of sp³-hybridized carbons (Fsp3) is 0.667. The van der Waals surface area contributed by atoms with Crippen molar-refractivity contribution < 1.29 is 4.79 Å². The van der Waals surface area contributed by atoms with Gasteiger partial charge in [0.25, 0.3) is 0 Å². The summed E-state index contributed by atoms with van der Waals surface area (Å²) in [5.74, 6) is 0.0881. The van der Waals surface area contributed by atoms with Crippen molar-refractivity contribution in [3.63, 3.8) is 0 Å². The zero-order valence-electron chi connectivity index (χ0n) is 9.85. The molecule has 90 valence electrons.